The number of amides is 2. The Morgan fingerprint density at radius 3 is 2.62 bits per heavy atom. The molecule has 5 nitrogen and oxygen atoms in total. The van der Waals surface area contributed by atoms with Gasteiger partial charge in [-0.2, -0.15) is 0 Å². The van der Waals surface area contributed by atoms with Crippen LogP contribution in [0.4, 0.5) is 4.39 Å². The summed E-state index contributed by atoms with van der Waals surface area (Å²) in [6.45, 7) is 5.35. The molecule has 7 heteroatoms. The van der Waals surface area contributed by atoms with Crippen molar-refractivity contribution in [2.24, 2.45) is 0 Å². The number of hydrogen-bond donors (Lipinski definition) is 0. The van der Waals surface area contributed by atoms with Crippen LogP contribution in [0.3, 0.4) is 0 Å². The average molecular weight is 416 g/mol. The maximum atomic E-state index is 13.4. The molecule has 154 valence electrons. The van der Waals surface area contributed by atoms with E-state index in [4.69, 9.17) is 0 Å². The number of carbonyl (C=O) groups excluding carboxylic acids is 2. The first kappa shape index (κ1) is 20.0. The largest absolute Gasteiger partial charge is 0.342 e. The van der Waals surface area contributed by atoms with Crippen LogP contribution in [0.5, 0.6) is 0 Å². The molecule has 2 aromatic rings. The van der Waals surface area contributed by atoms with Crippen molar-refractivity contribution < 1.29 is 14.0 Å². The Hall–Kier alpha value is -2.25. The van der Waals surface area contributed by atoms with E-state index in [9.17, 15) is 14.0 Å². The van der Waals surface area contributed by atoms with Crippen LogP contribution in [0.25, 0.3) is 10.4 Å². The zero-order valence-corrected chi connectivity index (χ0v) is 17.3. The lowest BCUT2D eigenvalue weighted by atomic mass is 10.2. The lowest BCUT2D eigenvalue weighted by Crippen LogP contribution is -2.48. The fourth-order valence-electron chi connectivity index (χ4n) is 3.96. The first-order valence-corrected chi connectivity index (χ1v) is 11.0. The normalized spacial score (nSPS) is 17.9. The van der Waals surface area contributed by atoms with Crippen molar-refractivity contribution in [2.75, 3.05) is 39.3 Å². The zero-order valence-electron chi connectivity index (χ0n) is 16.5. The van der Waals surface area contributed by atoms with Gasteiger partial charge in [0.05, 0.1) is 0 Å². The number of halogens is 1. The highest BCUT2D eigenvalue weighted by Crippen LogP contribution is 2.29. The summed E-state index contributed by atoms with van der Waals surface area (Å²) in [6, 6.07) is 10.8. The molecule has 29 heavy (non-hydrogen) atoms. The maximum Gasteiger partial charge on any atom is 0.224 e. The van der Waals surface area contributed by atoms with Crippen LogP contribution in [0.1, 0.15) is 24.1 Å². The monoisotopic (exact) mass is 415 g/mol. The van der Waals surface area contributed by atoms with E-state index in [1.165, 1.54) is 10.9 Å². The molecule has 1 aromatic heterocycles. The van der Waals surface area contributed by atoms with E-state index in [1.807, 2.05) is 17.0 Å². The van der Waals surface area contributed by atoms with Crippen LogP contribution in [0.2, 0.25) is 0 Å². The minimum absolute atomic E-state index is 0.147. The second-order valence-corrected chi connectivity index (χ2v) is 8.84. The topological polar surface area (TPSA) is 43.9 Å². The number of nitrogens with zero attached hydrogens (tertiary/aromatic N) is 3. The molecule has 2 amide bonds. The quantitative estimate of drug-likeness (QED) is 0.728. The van der Waals surface area contributed by atoms with Gasteiger partial charge in [0.15, 0.2) is 0 Å². The van der Waals surface area contributed by atoms with Gasteiger partial charge in [-0.05, 0) is 36.2 Å². The summed E-state index contributed by atoms with van der Waals surface area (Å²) >= 11 is 1.69. The Morgan fingerprint density at radius 1 is 1.07 bits per heavy atom. The first-order chi connectivity index (χ1) is 14.1. The standard InChI is InChI=1S/C22H26FN3O2S/c23-18-4-1-3-17(15-18)20-7-6-19(29-20)16-24-11-13-26(14-12-24)22(28)8-10-25-9-2-5-21(25)27/h1,3-4,6-7,15H,2,5,8-14,16H2. The number of hydrogen-bond acceptors (Lipinski definition) is 4. The molecule has 0 saturated carbocycles. The molecule has 0 spiro atoms. The number of benzene rings is 1. The summed E-state index contributed by atoms with van der Waals surface area (Å²) in [6.07, 6.45) is 1.96. The minimum atomic E-state index is -0.215. The smallest absolute Gasteiger partial charge is 0.224 e. The molecular formula is C22H26FN3O2S. The van der Waals surface area contributed by atoms with Crippen molar-refractivity contribution in [2.45, 2.75) is 25.8 Å². The number of carbonyl (C=O) groups is 2. The first-order valence-electron chi connectivity index (χ1n) is 10.2. The summed E-state index contributed by atoms with van der Waals surface area (Å²) in [5.41, 5.74) is 0.910. The van der Waals surface area contributed by atoms with Crippen molar-refractivity contribution in [1.82, 2.24) is 14.7 Å². The molecule has 2 fully saturated rings. The Bertz CT molecular complexity index is 876. The number of piperazine rings is 1. The number of likely N-dealkylation sites (tertiary alicyclic amines) is 1. The average Bonchev–Trinajstić information content (AvgIpc) is 3.36. The SMILES string of the molecule is O=C1CCCN1CCC(=O)N1CCN(Cc2ccc(-c3cccc(F)c3)s2)CC1. The highest BCUT2D eigenvalue weighted by atomic mass is 32.1. The van der Waals surface area contributed by atoms with Gasteiger partial charge in [0.2, 0.25) is 11.8 Å². The molecule has 2 aliphatic heterocycles. The Balaban J connectivity index is 1.24. The molecule has 4 rings (SSSR count). The van der Waals surface area contributed by atoms with E-state index < -0.39 is 0 Å². The minimum Gasteiger partial charge on any atom is -0.342 e. The van der Waals surface area contributed by atoms with Crippen molar-refractivity contribution in [3.8, 4) is 10.4 Å². The Morgan fingerprint density at radius 2 is 1.90 bits per heavy atom. The predicted octanol–water partition coefficient (Wildman–Crippen LogP) is 3.21. The highest BCUT2D eigenvalue weighted by Gasteiger charge is 2.24. The highest BCUT2D eigenvalue weighted by molar-refractivity contribution is 7.15. The maximum absolute atomic E-state index is 13.4. The third-order valence-electron chi connectivity index (χ3n) is 5.64. The summed E-state index contributed by atoms with van der Waals surface area (Å²) < 4.78 is 13.4. The van der Waals surface area contributed by atoms with Crippen molar-refractivity contribution >= 4 is 23.2 Å². The summed E-state index contributed by atoms with van der Waals surface area (Å²) in [5.74, 6) is 0.109. The van der Waals surface area contributed by atoms with Gasteiger partial charge in [-0.25, -0.2) is 4.39 Å². The van der Waals surface area contributed by atoms with Gasteiger partial charge in [-0.15, -0.1) is 11.3 Å². The predicted molar refractivity (Wildman–Crippen MR) is 112 cm³/mol. The van der Waals surface area contributed by atoms with Crippen LogP contribution in [-0.2, 0) is 16.1 Å². The van der Waals surface area contributed by atoms with E-state index >= 15 is 0 Å². The van der Waals surface area contributed by atoms with Gasteiger partial charge in [0.1, 0.15) is 5.82 Å². The molecule has 0 unspecified atom stereocenters. The van der Waals surface area contributed by atoms with Crippen LogP contribution < -0.4 is 0 Å². The van der Waals surface area contributed by atoms with Crippen LogP contribution in [0, 0.1) is 5.82 Å². The van der Waals surface area contributed by atoms with Crippen LogP contribution in [0.15, 0.2) is 36.4 Å². The molecule has 0 N–H and O–H groups in total. The Labute approximate surface area is 174 Å². The van der Waals surface area contributed by atoms with E-state index in [2.05, 4.69) is 11.0 Å². The summed E-state index contributed by atoms with van der Waals surface area (Å²) in [7, 11) is 0. The molecule has 0 atom stereocenters. The van der Waals surface area contributed by atoms with Crippen molar-refractivity contribution in [3.05, 3.63) is 47.1 Å². The van der Waals surface area contributed by atoms with Crippen molar-refractivity contribution in [1.29, 1.82) is 0 Å². The van der Waals surface area contributed by atoms with Crippen LogP contribution >= 0.6 is 11.3 Å². The molecule has 3 heterocycles. The Kier molecular flexibility index (Phi) is 6.25. The van der Waals surface area contributed by atoms with Crippen LogP contribution in [-0.4, -0.2) is 65.8 Å². The molecular weight excluding hydrogens is 389 g/mol. The van der Waals surface area contributed by atoms with Gasteiger partial charge < -0.3 is 9.80 Å². The summed E-state index contributed by atoms with van der Waals surface area (Å²) in [5, 5.41) is 0. The fraction of sp³-hybridized carbons (Fsp3) is 0.455. The molecule has 2 saturated heterocycles. The zero-order chi connectivity index (χ0) is 20.2. The van der Waals surface area contributed by atoms with Gasteiger partial charge in [-0.1, -0.05) is 12.1 Å². The molecule has 0 aliphatic carbocycles. The molecule has 0 radical (unpaired) electrons. The van der Waals surface area contributed by atoms with E-state index in [1.54, 1.807) is 28.4 Å². The molecule has 1 aromatic carbocycles. The lowest BCUT2D eigenvalue weighted by molar-refractivity contribution is -0.134. The third kappa shape index (κ3) is 5.03. The molecule has 0 bridgehead atoms. The second kappa shape index (κ2) is 9.05. The van der Waals surface area contributed by atoms with Crippen molar-refractivity contribution in [3.63, 3.8) is 0 Å². The number of rotatable bonds is 6. The summed E-state index contributed by atoms with van der Waals surface area (Å²) in [4.78, 5) is 32.5. The molecule has 2 aliphatic rings. The third-order valence-corrected chi connectivity index (χ3v) is 6.76. The fourth-order valence-corrected chi connectivity index (χ4v) is 5.01. The van der Waals surface area contributed by atoms with Gasteiger partial charge in [0, 0.05) is 68.4 Å². The number of thiophene rings is 1. The van der Waals surface area contributed by atoms with Gasteiger partial charge in [-0.3, -0.25) is 14.5 Å². The second-order valence-electron chi connectivity index (χ2n) is 7.67. The van der Waals surface area contributed by atoms with Gasteiger partial charge in [0.25, 0.3) is 0 Å². The van der Waals surface area contributed by atoms with Gasteiger partial charge >= 0.3 is 0 Å². The van der Waals surface area contributed by atoms with E-state index in [0.29, 0.717) is 19.4 Å². The van der Waals surface area contributed by atoms with E-state index in [-0.39, 0.29) is 17.6 Å². The lowest BCUT2D eigenvalue weighted by Gasteiger charge is -2.34. The van der Waals surface area contributed by atoms with E-state index in [0.717, 1.165) is 56.1 Å².